The van der Waals surface area contributed by atoms with Crippen LogP contribution in [0.15, 0.2) is 59.6 Å². The predicted molar refractivity (Wildman–Crippen MR) is 144 cm³/mol. The number of likely N-dealkylation sites (N-methyl/N-ethyl adjacent to an activating group) is 1. The van der Waals surface area contributed by atoms with Gasteiger partial charge in [-0.3, -0.25) is 4.79 Å². The Morgan fingerprint density at radius 3 is 2.36 bits per heavy atom. The molecule has 0 fully saturated rings. The van der Waals surface area contributed by atoms with E-state index in [1.54, 1.807) is 7.11 Å². The van der Waals surface area contributed by atoms with Crippen LogP contribution in [0.5, 0.6) is 5.75 Å². The van der Waals surface area contributed by atoms with Gasteiger partial charge in [0.15, 0.2) is 5.96 Å². The second kappa shape index (κ2) is 17.2. The van der Waals surface area contributed by atoms with Gasteiger partial charge in [-0.2, -0.15) is 0 Å². The minimum Gasteiger partial charge on any atom is -0.497 e. The van der Waals surface area contributed by atoms with Crippen LogP contribution in [0.2, 0.25) is 0 Å². The second-order valence-electron chi connectivity index (χ2n) is 7.24. The van der Waals surface area contributed by atoms with E-state index in [0.717, 1.165) is 23.3 Å². The Bertz CT molecular complexity index is 816. The van der Waals surface area contributed by atoms with Crippen LogP contribution in [0.4, 0.5) is 0 Å². The maximum atomic E-state index is 12.8. The van der Waals surface area contributed by atoms with E-state index < -0.39 is 0 Å². The van der Waals surface area contributed by atoms with Gasteiger partial charge < -0.3 is 25.0 Å². The molecule has 1 amide bonds. The number of benzene rings is 2. The van der Waals surface area contributed by atoms with Crippen LogP contribution >= 0.6 is 24.0 Å². The topological polar surface area (TPSA) is 75.2 Å². The SMILES string of the molecule is CCOCCCNC(=NCc1ccc(OC)cc1)NCC(=O)N(CC)Cc1ccccc1.I. The van der Waals surface area contributed by atoms with Crippen molar-refractivity contribution in [1.82, 2.24) is 15.5 Å². The summed E-state index contributed by atoms with van der Waals surface area (Å²) in [5.74, 6) is 1.46. The molecule has 0 saturated carbocycles. The zero-order valence-corrected chi connectivity index (χ0v) is 22.2. The number of guanidine groups is 1. The van der Waals surface area contributed by atoms with Gasteiger partial charge in [0.25, 0.3) is 0 Å². The number of halogens is 1. The van der Waals surface area contributed by atoms with E-state index in [0.29, 0.717) is 45.4 Å². The number of nitrogens with one attached hydrogen (secondary N) is 2. The molecule has 0 radical (unpaired) electrons. The molecule has 8 heteroatoms. The summed E-state index contributed by atoms with van der Waals surface area (Å²) in [6, 6.07) is 17.8. The van der Waals surface area contributed by atoms with Crippen LogP contribution in [-0.4, -0.2) is 56.7 Å². The predicted octanol–water partition coefficient (Wildman–Crippen LogP) is 3.82. The lowest BCUT2D eigenvalue weighted by atomic mass is 10.2. The molecule has 0 spiro atoms. The van der Waals surface area contributed by atoms with Crippen LogP contribution in [0, 0.1) is 0 Å². The highest BCUT2D eigenvalue weighted by molar-refractivity contribution is 14.0. The minimum absolute atomic E-state index is 0. The lowest BCUT2D eigenvalue weighted by molar-refractivity contribution is -0.130. The van der Waals surface area contributed by atoms with Crippen molar-refractivity contribution in [2.75, 3.05) is 40.0 Å². The molecule has 2 aromatic carbocycles. The molecule has 7 nitrogen and oxygen atoms in total. The van der Waals surface area contributed by atoms with Crippen molar-refractivity contribution < 1.29 is 14.3 Å². The number of methoxy groups -OCH3 is 1. The average Bonchev–Trinajstić information content (AvgIpc) is 2.84. The Morgan fingerprint density at radius 1 is 1.00 bits per heavy atom. The van der Waals surface area contributed by atoms with Crippen molar-refractivity contribution in [1.29, 1.82) is 0 Å². The van der Waals surface area contributed by atoms with Gasteiger partial charge in [-0.25, -0.2) is 4.99 Å². The number of carbonyl (C=O) groups excluding carboxylic acids is 1. The van der Waals surface area contributed by atoms with E-state index >= 15 is 0 Å². The molecule has 0 aliphatic heterocycles. The number of amides is 1. The summed E-state index contributed by atoms with van der Waals surface area (Å²) >= 11 is 0. The molecule has 0 aliphatic rings. The third-order valence-corrected chi connectivity index (χ3v) is 4.90. The summed E-state index contributed by atoms with van der Waals surface area (Å²) in [6.07, 6.45) is 0.861. The quantitative estimate of drug-likeness (QED) is 0.166. The highest BCUT2D eigenvalue weighted by atomic mass is 127. The zero-order chi connectivity index (χ0) is 23.0. The van der Waals surface area contributed by atoms with Crippen molar-refractivity contribution in [3.63, 3.8) is 0 Å². The molecular formula is C25H37IN4O3. The Morgan fingerprint density at radius 2 is 1.73 bits per heavy atom. The standard InChI is InChI=1S/C25H36N4O3.HI/c1-4-29(20-22-10-7-6-8-11-22)24(30)19-28-25(26-16-9-17-32-5-2)27-18-21-12-14-23(31-3)15-13-21;/h6-8,10-15H,4-5,9,16-20H2,1-3H3,(H2,26,27,28);1H. The third kappa shape index (κ3) is 11.4. The van der Waals surface area contributed by atoms with Crippen molar-refractivity contribution in [2.45, 2.75) is 33.4 Å². The van der Waals surface area contributed by atoms with E-state index in [2.05, 4.69) is 15.6 Å². The molecule has 0 unspecified atom stereocenters. The Hall–Kier alpha value is -2.33. The highest BCUT2D eigenvalue weighted by Gasteiger charge is 2.13. The number of rotatable bonds is 13. The lowest BCUT2D eigenvalue weighted by Crippen LogP contribution is -2.44. The Balaban J connectivity index is 0.00000544. The molecule has 33 heavy (non-hydrogen) atoms. The Kier molecular flexibility index (Phi) is 14.9. The number of ether oxygens (including phenoxy) is 2. The van der Waals surface area contributed by atoms with E-state index in [1.165, 1.54) is 0 Å². The van der Waals surface area contributed by atoms with Crippen molar-refractivity contribution in [3.05, 3.63) is 65.7 Å². The van der Waals surface area contributed by atoms with Crippen LogP contribution in [0.3, 0.4) is 0 Å². The van der Waals surface area contributed by atoms with Gasteiger partial charge in [-0.15, -0.1) is 24.0 Å². The Labute approximate surface area is 215 Å². The monoisotopic (exact) mass is 568 g/mol. The normalized spacial score (nSPS) is 10.8. The number of carbonyl (C=O) groups is 1. The first-order chi connectivity index (χ1) is 15.7. The fraction of sp³-hybridized carbons (Fsp3) is 0.440. The second-order valence-corrected chi connectivity index (χ2v) is 7.24. The first kappa shape index (κ1) is 28.7. The lowest BCUT2D eigenvalue weighted by Gasteiger charge is -2.22. The molecule has 0 aliphatic carbocycles. The van der Waals surface area contributed by atoms with Crippen molar-refractivity contribution >= 4 is 35.8 Å². The molecule has 0 saturated heterocycles. The third-order valence-electron chi connectivity index (χ3n) is 4.90. The number of aliphatic imine (C=N–C) groups is 1. The number of hydrogen-bond acceptors (Lipinski definition) is 4. The number of hydrogen-bond donors (Lipinski definition) is 2. The van der Waals surface area contributed by atoms with Crippen LogP contribution in [0.25, 0.3) is 0 Å². The molecular weight excluding hydrogens is 531 g/mol. The molecule has 2 N–H and O–H groups in total. The summed E-state index contributed by atoms with van der Waals surface area (Å²) in [4.78, 5) is 19.3. The van der Waals surface area contributed by atoms with Crippen molar-refractivity contribution in [2.24, 2.45) is 4.99 Å². The highest BCUT2D eigenvalue weighted by Crippen LogP contribution is 2.11. The van der Waals surface area contributed by atoms with E-state index in [9.17, 15) is 4.79 Å². The molecule has 182 valence electrons. The fourth-order valence-corrected chi connectivity index (χ4v) is 3.05. The molecule has 2 aromatic rings. The molecule has 0 aromatic heterocycles. The summed E-state index contributed by atoms with van der Waals surface area (Å²) in [6.45, 7) is 8.01. The van der Waals surface area contributed by atoms with Gasteiger partial charge in [0.2, 0.25) is 5.91 Å². The van der Waals surface area contributed by atoms with Gasteiger partial charge in [0.05, 0.1) is 20.2 Å². The van der Waals surface area contributed by atoms with Crippen molar-refractivity contribution in [3.8, 4) is 5.75 Å². The number of nitrogens with zero attached hydrogens (tertiary/aromatic N) is 2. The van der Waals surface area contributed by atoms with E-state index in [1.807, 2.05) is 73.3 Å². The van der Waals surface area contributed by atoms with Gasteiger partial charge in [-0.05, 0) is 43.5 Å². The van der Waals surface area contributed by atoms with Crippen LogP contribution in [-0.2, 0) is 22.6 Å². The van der Waals surface area contributed by atoms with Gasteiger partial charge in [0.1, 0.15) is 5.75 Å². The van der Waals surface area contributed by atoms with E-state index in [-0.39, 0.29) is 36.4 Å². The molecule has 0 bridgehead atoms. The van der Waals surface area contributed by atoms with Crippen LogP contribution < -0.4 is 15.4 Å². The minimum atomic E-state index is 0. The maximum absolute atomic E-state index is 12.8. The van der Waals surface area contributed by atoms with Gasteiger partial charge in [0, 0.05) is 32.8 Å². The average molecular weight is 569 g/mol. The largest absolute Gasteiger partial charge is 0.497 e. The maximum Gasteiger partial charge on any atom is 0.242 e. The van der Waals surface area contributed by atoms with Gasteiger partial charge >= 0.3 is 0 Å². The van der Waals surface area contributed by atoms with E-state index in [4.69, 9.17) is 9.47 Å². The van der Waals surface area contributed by atoms with Crippen LogP contribution in [0.1, 0.15) is 31.4 Å². The summed E-state index contributed by atoms with van der Waals surface area (Å²) < 4.78 is 10.6. The van der Waals surface area contributed by atoms with Gasteiger partial charge in [-0.1, -0.05) is 42.5 Å². The molecule has 0 atom stereocenters. The smallest absolute Gasteiger partial charge is 0.242 e. The molecule has 2 rings (SSSR count). The first-order valence-electron chi connectivity index (χ1n) is 11.2. The summed E-state index contributed by atoms with van der Waals surface area (Å²) in [7, 11) is 1.65. The first-order valence-corrected chi connectivity index (χ1v) is 11.2. The summed E-state index contributed by atoms with van der Waals surface area (Å²) in [5.41, 5.74) is 2.18. The fourth-order valence-electron chi connectivity index (χ4n) is 3.05. The summed E-state index contributed by atoms with van der Waals surface area (Å²) in [5, 5.41) is 6.48. The molecule has 0 heterocycles. The zero-order valence-electron chi connectivity index (χ0n) is 19.9.